The van der Waals surface area contributed by atoms with E-state index in [9.17, 15) is 0 Å². The molecule has 1 spiro atoms. The van der Waals surface area contributed by atoms with Crippen LogP contribution in [0.4, 0.5) is 0 Å². The van der Waals surface area contributed by atoms with Gasteiger partial charge in [0.2, 0.25) is 0 Å². The summed E-state index contributed by atoms with van der Waals surface area (Å²) >= 11 is 0. The summed E-state index contributed by atoms with van der Waals surface area (Å²) in [5.41, 5.74) is 2.71. The van der Waals surface area contributed by atoms with Crippen molar-refractivity contribution in [2.45, 2.75) is 56.7 Å². The summed E-state index contributed by atoms with van der Waals surface area (Å²) in [7, 11) is 0. The number of hydrogen-bond acceptors (Lipinski definition) is 2. The molecule has 1 fully saturated rings. The molecule has 27 heavy (non-hydrogen) atoms. The fourth-order valence-electron chi connectivity index (χ4n) is 5.11. The normalized spacial score (nSPS) is 21.7. The number of rotatable bonds is 3. The third-order valence-corrected chi connectivity index (χ3v) is 6.45. The van der Waals surface area contributed by atoms with Crippen LogP contribution in [0.3, 0.4) is 0 Å². The lowest BCUT2D eigenvalue weighted by Gasteiger charge is -2.41. The Kier molecular flexibility index (Phi) is 4.17. The Morgan fingerprint density at radius 3 is 2.56 bits per heavy atom. The lowest BCUT2D eigenvalue weighted by Crippen LogP contribution is -2.42. The van der Waals surface area contributed by atoms with E-state index in [1.165, 1.54) is 47.6 Å². The van der Waals surface area contributed by atoms with E-state index >= 15 is 0 Å². The molecule has 0 radical (unpaired) electrons. The van der Waals surface area contributed by atoms with Gasteiger partial charge in [0.25, 0.3) is 0 Å². The van der Waals surface area contributed by atoms with Crippen molar-refractivity contribution in [1.29, 1.82) is 0 Å². The van der Waals surface area contributed by atoms with E-state index in [0.717, 1.165) is 12.2 Å². The summed E-state index contributed by atoms with van der Waals surface area (Å²) < 4.78 is 6.53. The molecule has 3 aromatic rings. The maximum absolute atomic E-state index is 6.53. The van der Waals surface area contributed by atoms with Crippen LogP contribution in [0.2, 0.25) is 0 Å². The predicted octanol–water partition coefficient (Wildman–Crippen LogP) is 6.33. The molecule has 0 bridgehead atoms. The lowest BCUT2D eigenvalue weighted by atomic mass is 9.85. The molecular weight excluding hydrogens is 330 g/mol. The second kappa shape index (κ2) is 6.69. The van der Waals surface area contributed by atoms with Crippen molar-refractivity contribution in [3.63, 3.8) is 0 Å². The highest BCUT2D eigenvalue weighted by Gasteiger charge is 2.43. The Labute approximate surface area is 161 Å². The first-order valence-electron chi connectivity index (χ1n) is 10.3. The molecule has 0 saturated heterocycles. The summed E-state index contributed by atoms with van der Waals surface area (Å²) in [4.78, 5) is 0. The smallest absolute Gasteiger partial charge is 0.124 e. The summed E-state index contributed by atoms with van der Waals surface area (Å²) in [6.07, 6.45) is 6.00. The second-order valence-electron chi connectivity index (χ2n) is 8.24. The molecule has 0 aromatic heterocycles. The molecule has 1 heterocycles. The Morgan fingerprint density at radius 2 is 1.67 bits per heavy atom. The zero-order valence-corrected chi connectivity index (χ0v) is 15.9. The van der Waals surface area contributed by atoms with Crippen molar-refractivity contribution in [3.8, 4) is 5.75 Å². The van der Waals surface area contributed by atoms with Crippen molar-refractivity contribution in [1.82, 2.24) is 5.32 Å². The van der Waals surface area contributed by atoms with Gasteiger partial charge in [0, 0.05) is 24.1 Å². The number of hydrogen-bond donors (Lipinski definition) is 1. The molecule has 138 valence electrons. The number of benzene rings is 3. The van der Waals surface area contributed by atoms with Crippen LogP contribution < -0.4 is 10.1 Å². The van der Waals surface area contributed by atoms with Crippen LogP contribution in [-0.2, 0) is 0 Å². The van der Waals surface area contributed by atoms with Gasteiger partial charge in [-0.3, -0.25) is 0 Å². The summed E-state index contributed by atoms with van der Waals surface area (Å²) in [6.45, 7) is 2.29. The summed E-state index contributed by atoms with van der Waals surface area (Å²) in [5, 5.41) is 6.61. The van der Waals surface area contributed by atoms with Gasteiger partial charge >= 0.3 is 0 Å². The molecule has 1 N–H and O–H groups in total. The molecule has 2 aliphatic rings. The van der Waals surface area contributed by atoms with Gasteiger partial charge < -0.3 is 10.1 Å². The number of ether oxygens (including phenoxy) is 1. The van der Waals surface area contributed by atoms with Crippen molar-refractivity contribution >= 4 is 10.8 Å². The molecule has 1 saturated carbocycles. The average molecular weight is 357 g/mol. The SMILES string of the molecule is CC(N[C@@H]1CC2(CCCC2)Oc2ccccc21)c1cccc2ccccc12. The monoisotopic (exact) mass is 357 g/mol. The van der Waals surface area contributed by atoms with Crippen molar-refractivity contribution in [2.24, 2.45) is 0 Å². The molecular formula is C25H27NO. The molecule has 2 atom stereocenters. The van der Waals surface area contributed by atoms with Crippen LogP contribution in [0.1, 0.15) is 62.2 Å². The third-order valence-electron chi connectivity index (χ3n) is 6.45. The van der Waals surface area contributed by atoms with Crippen molar-refractivity contribution in [3.05, 3.63) is 77.9 Å². The molecule has 5 rings (SSSR count). The highest BCUT2D eigenvalue weighted by Crippen LogP contribution is 2.47. The molecule has 0 amide bonds. The van der Waals surface area contributed by atoms with Gasteiger partial charge in [-0.15, -0.1) is 0 Å². The Morgan fingerprint density at radius 1 is 0.926 bits per heavy atom. The zero-order chi connectivity index (χ0) is 18.3. The first-order chi connectivity index (χ1) is 13.2. The molecule has 3 aromatic carbocycles. The van der Waals surface area contributed by atoms with Gasteiger partial charge in [-0.2, -0.15) is 0 Å². The summed E-state index contributed by atoms with van der Waals surface area (Å²) in [6, 6.07) is 24.5. The van der Waals surface area contributed by atoms with Crippen LogP contribution in [0.15, 0.2) is 66.7 Å². The topological polar surface area (TPSA) is 21.3 Å². The predicted molar refractivity (Wildman–Crippen MR) is 111 cm³/mol. The lowest BCUT2D eigenvalue weighted by molar-refractivity contribution is 0.0351. The average Bonchev–Trinajstić information content (AvgIpc) is 3.14. The van der Waals surface area contributed by atoms with Crippen LogP contribution in [-0.4, -0.2) is 5.60 Å². The van der Waals surface area contributed by atoms with Gasteiger partial charge in [0.1, 0.15) is 11.4 Å². The molecule has 1 aliphatic heterocycles. The largest absolute Gasteiger partial charge is 0.487 e. The Balaban J connectivity index is 1.48. The maximum Gasteiger partial charge on any atom is 0.124 e. The second-order valence-corrected chi connectivity index (χ2v) is 8.24. The van der Waals surface area contributed by atoms with Gasteiger partial charge in [-0.25, -0.2) is 0 Å². The van der Waals surface area contributed by atoms with E-state index in [2.05, 4.69) is 79.0 Å². The standard InChI is InChI=1S/C25H27NO/c1-18(20-13-8-10-19-9-2-3-11-21(19)20)26-23-17-25(15-6-7-16-25)27-24-14-5-4-12-22(23)24/h2-5,8-14,18,23,26H,6-7,15-17H2,1H3/t18?,23-/m1/s1. The third kappa shape index (κ3) is 3.02. The highest BCUT2D eigenvalue weighted by atomic mass is 16.5. The van der Waals surface area contributed by atoms with E-state index in [-0.39, 0.29) is 11.6 Å². The van der Waals surface area contributed by atoms with Crippen LogP contribution in [0, 0.1) is 0 Å². The van der Waals surface area contributed by atoms with Gasteiger partial charge in [0.15, 0.2) is 0 Å². The van der Waals surface area contributed by atoms with Crippen LogP contribution >= 0.6 is 0 Å². The summed E-state index contributed by atoms with van der Waals surface area (Å²) in [5.74, 6) is 1.08. The van der Waals surface area contributed by atoms with Crippen LogP contribution in [0.25, 0.3) is 10.8 Å². The van der Waals surface area contributed by atoms with E-state index in [0.29, 0.717) is 6.04 Å². The minimum atomic E-state index is 0.0322. The fraction of sp³-hybridized carbons (Fsp3) is 0.360. The minimum absolute atomic E-state index is 0.0322. The van der Waals surface area contributed by atoms with Gasteiger partial charge in [-0.1, -0.05) is 60.7 Å². The first kappa shape index (κ1) is 16.8. The van der Waals surface area contributed by atoms with Crippen molar-refractivity contribution < 1.29 is 4.74 Å². The molecule has 1 unspecified atom stereocenters. The highest BCUT2D eigenvalue weighted by molar-refractivity contribution is 5.86. The van der Waals surface area contributed by atoms with E-state index in [1.807, 2.05) is 0 Å². The fourth-order valence-corrected chi connectivity index (χ4v) is 5.11. The van der Waals surface area contributed by atoms with Gasteiger partial charge in [0.05, 0.1) is 0 Å². The zero-order valence-electron chi connectivity index (χ0n) is 15.9. The van der Waals surface area contributed by atoms with E-state index < -0.39 is 0 Å². The maximum atomic E-state index is 6.53. The molecule has 2 nitrogen and oxygen atoms in total. The van der Waals surface area contributed by atoms with Gasteiger partial charge in [-0.05, 0) is 55.0 Å². The first-order valence-corrected chi connectivity index (χ1v) is 10.3. The quantitative estimate of drug-likeness (QED) is 0.591. The molecule has 2 heteroatoms. The Hall–Kier alpha value is -2.32. The molecule has 1 aliphatic carbocycles. The van der Waals surface area contributed by atoms with E-state index in [4.69, 9.17) is 4.74 Å². The van der Waals surface area contributed by atoms with Crippen LogP contribution in [0.5, 0.6) is 5.75 Å². The number of fused-ring (bicyclic) bond motifs is 2. The number of nitrogens with one attached hydrogen (secondary N) is 1. The minimum Gasteiger partial charge on any atom is -0.487 e. The Bertz CT molecular complexity index is 952. The van der Waals surface area contributed by atoms with Crippen molar-refractivity contribution in [2.75, 3.05) is 0 Å². The van der Waals surface area contributed by atoms with E-state index in [1.54, 1.807) is 0 Å². The number of para-hydroxylation sites is 1.